The molecule has 0 saturated heterocycles. The molecule has 0 aromatic carbocycles. The topological polar surface area (TPSA) is 24.9 Å². The van der Waals surface area contributed by atoms with E-state index in [0.717, 1.165) is 5.13 Å². The fraction of sp³-hybridized carbons (Fsp3) is 0.625. The van der Waals surface area contributed by atoms with Crippen LogP contribution < -0.4 is 5.32 Å². The molecule has 1 N–H and O–H groups in total. The van der Waals surface area contributed by atoms with Crippen LogP contribution in [0, 0.1) is 5.41 Å². The fourth-order valence-electron chi connectivity index (χ4n) is 1.16. The maximum absolute atomic E-state index is 4.17. The molecule has 0 spiro atoms. The molecule has 3 heteroatoms. The second kappa shape index (κ2) is 2.21. The molecule has 1 heterocycles. The average Bonchev–Trinajstić information content (AvgIpc) is 2.42. The summed E-state index contributed by atoms with van der Waals surface area (Å²) >= 11 is 1.67. The van der Waals surface area contributed by atoms with Crippen LogP contribution in [0.4, 0.5) is 5.13 Å². The first-order chi connectivity index (χ1) is 5.18. The van der Waals surface area contributed by atoms with Crippen LogP contribution in [0.5, 0.6) is 0 Å². The molecule has 2 nitrogen and oxygen atoms in total. The molecule has 1 aromatic heterocycles. The number of anilines is 1. The van der Waals surface area contributed by atoms with E-state index in [1.165, 1.54) is 6.42 Å². The summed E-state index contributed by atoms with van der Waals surface area (Å²) in [6, 6.07) is 0.647. The molecule has 0 radical (unpaired) electrons. The van der Waals surface area contributed by atoms with E-state index in [4.69, 9.17) is 0 Å². The number of nitrogens with zero attached hydrogens (tertiary/aromatic N) is 1. The van der Waals surface area contributed by atoms with Gasteiger partial charge < -0.3 is 5.32 Å². The molecule has 1 aliphatic rings. The zero-order valence-corrected chi connectivity index (χ0v) is 7.61. The van der Waals surface area contributed by atoms with Crippen molar-refractivity contribution in [1.29, 1.82) is 0 Å². The molecule has 0 aliphatic heterocycles. The standard InChI is InChI=1S/C8H12N2S/c1-8(2)5-6(8)10-7-9-3-4-11-7/h3-4,6H,5H2,1-2H3,(H,9,10). The molecule has 60 valence electrons. The summed E-state index contributed by atoms with van der Waals surface area (Å²) in [5, 5.41) is 6.45. The first kappa shape index (κ1) is 7.10. The highest BCUT2D eigenvalue weighted by Crippen LogP contribution is 2.46. The van der Waals surface area contributed by atoms with Crippen molar-refractivity contribution in [3.8, 4) is 0 Å². The van der Waals surface area contributed by atoms with Crippen molar-refractivity contribution in [2.45, 2.75) is 26.3 Å². The highest BCUT2D eigenvalue weighted by atomic mass is 32.1. The van der Waals surface area contributed by atoms with E-state index >= 15 is 0 Å². The quantitative estimate of drug-likeness (QED) is 0.733. The van der Waals surface area contributed by atoms with Crippen LogP contribution in [0.3, 0.4) is 0 Å². The fourth-order valence-corrected chi connectivity index (χ4v) is 1.74. The van der Waals surface area contributed by atoms with Crippen molar-refractivity contribution in [2.75, 3.05) is 5.32 Å². The average molecular weight is 168 g/mol. The summed E-state index contributed by atoms with van der Waals surface area (Å²) in [5.74, 6) is 0. The molecule has 1 aromatic rings. The van der Waals surface area contributed by atoms with Crippen molar-refractivity contribution < 1.29 is 0 Å². The van der Waals surface area contributed by atoms with Gasteiger partial charge >= 0.3 is 0 Å². The minimum atomic E-state index is 0.492. The first-order valence-electron chi connectivity index (χ1n) is 3.84. The highest BCUT2D eigenvalue weighted by molar-refractivity contribution is 7.13. The van der Waals surface area contributed by atoms with Gasteiger partial charge in [0.1, 0.15) is 0 Å². The Morgan fingerprint density at radius 1 is 1.73 bits per heavy atom. The van der Waals surface area contributed by atoms with Gasteiger partial charge in [-0.2, -0.15) is 0 Å². The summed E-state index contributed by atoms with van der Waals surface area (Å²) in [6.07, 6.45) is 3.11. The summed E-state index contributed by atoms with van der Waals surface area (Å²) in [7, 11) is 0. The van der Waals surface area contributed by atoms with Crippen LogP contribution in [0.25, 0.3) is 0 Å². The van der Waals surface area contributed by atoms with E-state index in [2.05, 4.69) is 24.1 Å². The van der Waals surface area contributed by atoms with E-state index in [1.54, 1.807) is 11.3 Å². The number of thiazole rings is 1. The SMILES string of the molecule is CC1(C)CC1Nc1nccs1. The molecule has 2 rings (SSSR count). The Kier molecular flexibility index (Phi) is 1.42. The minimum absolute atomic E-state index is 0.492. The van der Waals surface area contributed by atoms with Crippen molar-refractivity contribution in [3.05, 3.63) is 11.6 Å². The predicted octanol–water partition coefficient (Wildman–Crippen LogP) is 2.35. The lowest BCUT2D eigenvalue weighted by Crippen LogP contribution is -2.07. The zero-order valence-electron chi connectivity index (χ0n) is 6.79. The van der Waals surface area contributed by atoms with Crippen LogP contribution in [0.15, 0.2) is 11.6 Å². The van der Waals surface area contributed by atoms with Crippen molar-refractivity contribution in [1.82, 2.24) is 4.98 Å². The molecule has 1 fully saturated rings. The van der Waals surface area contributed by atoms with Crippen LogP contribution in [-0.2, 0) is 0 Å². The Labute approximate surface area is 70.7 Å². The van der Waals surface area contributed by atoms with E-state index in [-0.39, 0.29) is 0 Å². The van der Waals surface area contributed by atoms with E-state index in [0.29, 0.717) is 11.5 Å². The molecular weight excluding hydrogens is 156 g/mol. The molecule has 0 bridgehead atoms. The minimum Gasteiger partial charge on any atom is -0.358 e. The lowest BCUT2D eigenvalue weighted by Gasteiger charge is -2.02. The second-order valence-corrected chi connectivity index (χ2v) is 4.62. The molecule has 11 heavy (non-hydrogen) atoms. The van der Waals surface area contributed by atoms with Crippen LogP contribution in [0.2, 0.25) is 0 Å². The van der Waals surface area contributed by atoms with Gasteiger partial charge in [0.2, 0.25) is 0 Å². The van der Waals surface area contributed by atoms with Gasteiger partial charge in [0.15, 0.2) is 5.13 Å². The normalized spacial score (nSPS) is 26.5. The molecular formula is C8H12N2S. The Bertz CT molecular complexity index is 241. The van der Waals surface area contributed by atoms with Gasteiger partial charge in [0.25, 0.3) is 0 Å². The molecule has 1 unspecified atom stereocenters. The van der Waals surface area contributed by atoms with Crippen molar-refractivity contribution in [2.24, 2.45) is 5.41 Å². The smallest absolute Gasteiger partial charge is 0.182 e. The monoisotopic (exact) mass is 168 g/mol. The third kappa shape index (κ3) is 1.38. The Balaban J connectivity index is 1.95. The van der Waals surface area contributed by atoms with Gasteiger partial charge in [-0.15, -0.1) is 11.3 Å². The predicted molar refractivity (Wildman–Crippen MR) is 47.9 cm³/mol. The summed E-state index contributed by atoms with van der Waals surface area (Å²) in [4.78, 5) is 4.17. The molecule has 1 atom stereocenters. The maximum atomic E-state index is 4.17. The maximum Gasteiger partial charge on any atom is 0.182 e. The van der Waals surface area contributed by atoms with Crippen molar-refractivity contribution in [3.63, 3.8) is 0 Å². The lowest BCUT2D eigenvalue weighted by atomic mass is 10.2. The highest BCUT2D eigenvalue weighted by Gasteiger charge is 2.45. The van der Waals surface area contributed by atoms with Gasteiger partial charge in [-0.1, -0.05) is 13.8 Å². The zero-order chi connectivity index (χ0) is 7.90. The van der Waals surface area contributed by atoms with E-state index in [1.807, 2.05) is 11.6 Å². The second-order valence-electron chi connectivity index (χ2n) is 3.73. The van der Waals surface area contributed by atoms with E-state index in [9.17, 15) is 0 Å². The summed E-state index contributed by atoms with van der Waals surface area (Å²) in [6.45, 7) is 4.55. The van der Waals surface area contributed by atoms with Gasteiger partial charge in [-0.25, -0.2) is 4.98 Å². The molecule has 0 amide bonds. The number of hydrogen-bond donors (Lipinski definition) is 1. The summed E-state index contributed by atoms with van der Waals surface area (Å²) < 4.78 is 0. The van der Waals surface area contributed by atoms with E-state index < -0.39 is 0 Å². The lowest BCUT2D eigenvalue weighted by molar-refractivity contribution is 0.630. The van der Waals surface area contributed by atoms with Crippen LogP contribution in [0.1, 0.15) is 20.3 Å². The van der Waals surface area contributed by atoms with Gasteiger partial charge in [-0.3, -0.25) is 0 Å². The third-order valence-electron chi connectivity index (χ3n) is 2.24. The Morgan fingerprint density at radius 3 is 2.91 bits per heavy atom. The van der Waals surface area contributed by atoms with Crippen LogP contribution in [-0.4, -0.2) is 11.0 Å². The molecule has 1 aliphatic carbocycles. The van der Waals surface area contributed by atoms with Gasteiger partial charge in [0, 0.05) is 17.6 Å². The van der Waals surface area contributed by atoms with Crippen LogP contribution >= 0.6 is 11.3 Å². The Morgan fingerprint density at radius 2 is 2.45 bits per heavy atom. The number of rotatable bonds is 2. The van der Waals surface area contributed by atoms with Gasteiger partial charge in [-0.05, 0) is 11.8 Å². The number of hydrogen-bond acceptors (Lipinski definition) is 3. The summed E-state index contributed by atoms with van der Waals surface area (Å²) in [5.41, 5.74) is 0.492. The Hall–Kier alpha value is -0.570. The number of nitrogens with one attached hydrogen (secondary N) is 1. The third-order valence-corrected chi connectivity index (χ3v) is 2.95. The van der Waals surface area contributed by atoms with Gasteiger partial charge in [0.05, 0.1) is 0 Å². The molecule has 1 saturated carbocycles. The largest absolute Gasteiger partial charge is 0.358 e. The number of aromatic nitrogens is 1. The van der Waals surface area contributed by atoms with Crippen molar-refractivity contribution >= 4 is 16.5 Å². The first-order valence-corrected chi connectivity index (χ1v) is 4.72.